The van der Waals surface area contributed by atoms with Crippen molar-refractivity contribution in [3.63, 3.8) is 0 Å². The summed E-state index contributed by atoms with van der Waals surface area (Å²) in [7, 11) is 0. The summed E-state index contributed by atoms with van der Waals surface area (Å²) >= 11 is 11.9. The van der Waals surface area contributed by atoms with Gasteiger partial charge in [0.15, 0.2) is 0 Å². The fourth-order valence-corrected chi connectivity index (χ4v) is 1.78. The zero-order valence-electron chi connectivity index (χ0n) is 9.27. The van der Waals surface area contributed by atoms with E-state index in [1.54, 1.807) is 36.5 Å². The number of aliphatic imine (C=N–C) groups is 1. The second kappa shape index (κ2) is 5.68. The largest absolute Gasteiger partial charge is 0.256 e. The predicted octanol–water partition coefficient (Wildman–Crippen LogP) is 4.62. The van der Waals surface area contributed by atoms with Gasteiger partial charge in [0.05, 0.1) is 27.4 Å². The van der Waals surface area contributed by atoms with Crippen molar-refractivity contribution < 1.29 is 0 Å². The van der Waals surface area contributed by atoms with Crippen LogP contribution < -0.4 is 0 Å². The van der Waals surface area contributed by atoms with Crippen molar-refractivity contribution in [1.82, 2.24) is 0 Å². The van der Waals surface area contributed by atoms with Crippen LogP contribution in [0.1, 0.15) is 11.1 Å². The molecular formula is C14H8Cl2N2. The Morgan fingerprint density at radius 1 is 1.11 bits per heavy atom. The topological polar surface area (TPSA) is 36.1 Å². The Balaban J connectivity index is 2.30. The van der Waals surface area contributed by atoms with Gasteiger partial charge in [-0.1, -0.05) is 41.4 Å². The van der Waals surface area contributed by atoms with Crippen LogP contribution in [0.5, 0.6) is 0 Å². The molecule has 2 nitrogen and oxygen atoms in total. The third kappa shape index (κ3) is 2.89. The van der Waals surface area contributed by atoms with Crippen LogP contribution in [0.4, 0.5) is 5.69 Å². The lowest BCUT2D eigenvalue weighted by Gasteiger charge is -1.99. The van der Waals surface area contributed by atoms with Crippen molar-refractivity contribution in [3.8, 4) is 6.07 Å². The average molecular weight is 275 g/mol. The van der Waals surface area contributed by atoms with Crippen LogP contribution in [0.15, 0.2) is 47.5 Å². The fraction of sp³-hybridized carbons (Fsp3) is 0. The molecule has 0 aromatic heterocycles. The molecule has 4 heteroatoms. The van der Waals surface area contributed by atoms with Crippen LogP contribution in [0.2, 0.25) is 10.0 Å². The predicted molar refractivity (Wildman–Crippen MR) is 74.9 cm³/mol. The number of halogens is 2. The first-order valence-corrected chi connectivity index (χ1v) is 5.94. The van der Waals surface area contributed by atoms with E-state index in [1.807, 2.05) is 12.1 Å². The van der Waals surface area contributed by atoms with E-state index in [2.05, 4.69) is 11.1 Å². The Bertz CT molecular complexity index is 642. The molecule has 0 bridgehead atoms. The molecule has 0 heterocycles. The molecule has 2 aromatic rings. The van der Waals surface area contributed by atoms with Gasteiger partial charge in [-0.2, -0.15) is 5.26 Å². The summed E-state index contributed by atoms with van der Waals surface area (Å²) in [6, 6.07) is 14.4. The lowest BCUT2D eigenvalue weighted by molar-refractivity contribution is 1.46. The summed E-state index contributed by atoms with van der Waals surface area (Å²) in [5, 5.41) is 9.75. The van der Waals surface area contributed by atoms with Crippen LogP contribution in [0.25, 0.3) is 0 Å². The van der Waals surface area contributed by atoms with E-state index < -0.39 is 0 Å². The van der Waals surface area contributed by atoms with Gasteiger partial charge < -0.3 is 0 Å². The van der Waals surface area contributed by atoms with Gasteiger partial charge in [0.25, 0.3) is 0 Å². The number of hydrogen-bond donors (Lipinski definition) is 0. The molecule has 0 unspecified atom stereocenters. The first-order valence-electron chi connectivity index (χ1n) is 5.19. The van der Waals surface area contributed by atoms with Crippen molar-refractivity contribution >= 4 is 35.1 Å². The standard InChI is InChI=1S/C14H8Cl2N2/c15-13-6-2-4-11(14(13)16)9-18-12-5-1-3-10(7-12)8-17/h1-7,9H. The maximum atomic E-state index is 8.79. The quantitative estimate of drug-likeness (QED) is 0.737. The monoisotopic (exact) mass is 274 g/mol. The minimum Gasteiger partial charge on any atom is -0.256 e. The van der Waals surface area contributed by atoms with E-state index in [0.717, 1.165) is 5.56 Å². The van der Waals surface area contributed by atoms with E-state index in [9.17, 15) is 0 Å². The van der Waals surface area contributed by atoms with E-state index in [0.29, 0.717) is 21.3 Å². The minimum atomic E-state index is 0.472. The summed E-state index contributed by atoms with van der Waals surface area (Å²) in [6.45, 7) is 0. The Hall–Kier alpha value is -1.82. The number of nitrogens with zero attached hydrogens (tertiary/aromatic N) is 2. The third-order valence-corrected chi connectivity index (χ3v) is 3.14. The zero-order chi connectivity index (χ0) is 13.0. The fourth-order valence-electron chi connectivity index (χ4n) is 1.42. The Labute approximate surface area is 115 Å². The number of hydrogen-bond acceptors (Lipinski definition) is 2. The summed E-state index contributed by atoms with van der Waals surface area (Å²) in [5.74, 6) is 0. The molecule has 0 saturated heterocycles. The van der Waals surface area contributed by atoms with Crippen LogP contribution >= 0.6 is 23.2 Å². The highest BCUT2D eigenvalue weighted by Crippen LogP contribution is 2.24. The van der Waals surface area contributed by atoms with E-state index in [-0.39, 0.29) is 0 Å². The van der Waals surface area contributed by atoms with Gasteiger partial charge >= 0.3 is 0 Å². The number of rotatable bonds is 2. The van der Waals surface area contributed by atoms with Crippen LogP contribution in [-0.4, -0.2) is 6.21 Å². The SMILES string of the molecule is N#Cc1cccc(N=Cc2cccc(Cl)c2Cl)c1. The average Bonchev–Trinajstić information content (AvgIpc) is 2.41. The van der Waals surface area contributed by atoms with Gasteiger partial charge in [0.2, 0.25) is 0 Å². The third-order valence-electron chi connectivity index (χ3n) is 2.31. The molecule has 0 fully saturated rings. The number of benzene rings is 2. The molecule has 88 valence electrons. The molecule has 0 aliphatic heterocycles. The Morgan fingerprint density at radius 2 is 1.89 bits per heavy atom. The van der Waals surface area contributed by atoms with E-state index in [4.69, 9.17) is 28.5 Å². The van der Waals surface area contributed by atoms with Gasteiger partial charge in [0, 0.05) is 11.8 Å². The molecule has 0 aliphatic rings. The maximum Gasteiger partial charge on any atom is 0.0992 e. The molecule has 18 heavy (non-hydrogen) atoms. The summed E-state index contributed by atoms with van der Waals surface area (Å²) in [6.07, 6.45) is 1.63. The summed E-state index contributed by atoms with van der Waals surface area (Å²) < 4.78 is 0. The van der Waals surface area contributed by atoms with Crippen molar-refractivity contribution in [2.75, 3.05) is 0 Å². The highest BCUT2D eigenvalue weighted by atomic mass is 35.5. The summed E-state index contributed by atoms with van der Waals surface area (Å²) in [4.78, 5) is 4.27. The molecule has 0 radical (unpaired) electrons. The van der Waals surface area contributed by atoms with Crippen LogP contribution in [0.3, 0.4) is 0 Å². The molecule has 0 saturated carbocycles. The van der Waals surface area contributed by atoms with E-state index >= 15 is 0 Å². The van der Waals surface area contributed by atoms with Crippen molar-refractivity contribution in [2.45, 2.75) is 0 Å². The highest BCUT2D eigenvalue weighted by molar-refractivity contribution is 6.43. The van der Waals surface area contributed by atoms with Crippen molar-refractivity contribution in [1.29, 1.82) is 5.26 Å². The van der Waals surface area contributed by atoms with Crippen molar-refractivity contribution in [2.24, 2.45) is 4.99 Å². The molecule has 0 atom stereocenters. The lowest BCUT2D eigenvalue weighted by Crippen LogP contribution is -1.83. The molecule has 0 amide bonds. The first-order chi connectivity index (χ1) is 8.70. The lowest BCUT2D eigenvalue weighted by atomic mass is 10.2. The van der Waals surface area contributed by atoms with Crippen molar-refractivity contribution in [3.05, 3.63) is 63.6 Å². The molecule has 0 N–H and O–H groups in total. The smallest absolute Gasteiger partial charge is 0.0992 e. The van der Waals surface area contributed by atoms with Gasteiger partial charge in [-0.05, 0) is 24.3 Å². The van der Waals surface area contributed by atoms with Crippen LogP contribution in [-0.2, 0) is 0 Å². The molecule has 2 aromatic carbocycles. The normalized spacial score (nSPS) is 10.5. The first kappa shape index (κ1) is 12.6. The summed E-state index contributed by atoms with van der Waals surface area (Å²) in [5.41, 5.74) is 2.01. The van der Waals surface area contributed by atoms with Gasteiger partial charge in [0.1, 0.15) is 0 Å². The second-order valence-electron chi connectivity index (χ2n) is 3.56. The molecule has 2 rings (SSSR count). The van der Waals surface area contributed by atoms with Gasteiger partial charge in [-0.25, -0.2) is 0 Å². The van der Waals surface area contributed by atoms with Gasteiger partial charge in [-0.3, -0.25) is 4.99 Å². The van der Waals surface area contributed by atoms with Gasteiger partial charge in [-0.15, -0.1) is 0 Å². The highest BCUT2D eigenvalue weighted by Gasteiger charge is 2.01. The maximum absolute atomic E-state index is 8.79. The zero-order valence-corrected chi connectivity index (χ0v) is 10.8. The minimum absolute atomic E-state index is 0.472. The van der Waals surface area contributed by atoms with Crippen LogP contribution in [0, 0.1) is 11.3 Å². The Kier molecular flexibility index (Phi) is 3.99. The van der Waals surface area contributed by atoms with E-state index in [1.165, 1.54) is 0 Å². The Morgan fingerprint density at radius 3 is 2.67 bits per heavy atom. The second-order valence-corrected chi connectivity index (χ2v) is 4.35. The molecule has 0 spiro atoms. The molecular weight excluding hydrogens is 267 g/mol. The molecule has 0 aliphatic carbocycles. The number of nitriles is 1.